The number of aliphatic hydroxyl groups is 1. The Morgan fingerprint density at radius 1 is 0.667 bits per heavy atom. The standard InChI is InChI=1S/C13H15ClO3.C13H14O3.C10H12O2.C3H4Cl2O.CH2O3.2K.H/c1-13(2,17-11(15)8-9-14)12(16)10-6-4-3-5-7-10;1-4-11(14)16-13(2,3)12(15)10-8-6-5-7-9-10;1-10(2,12)9(11)8-6-4-3-5-7-8;4-2-1-3(5)6;2-1-4-3;;;/h3-7H,8-9H2,1-2H3;4-9H,1H2,2-3H3;3-7,12H,1-2H3;1-2H2;1,3H;;;/q;;;;;2*+1;-1/p-1. The summed E-state index contributed by atoms with van der Waals surface area (Å²) >= 11 is 15.4. The number of esters is 2. The number of halogens is 3. The predicted octanol–water partition coefficient (Wildman–Crippen LogP) is 0.773. The molecule has 0 aliphatic heterocycles. The molecule has 0 atom stereocenters. The summed E-state index contributed by atoms with van der Waals surface area (Å²) in [5.41, 5.74) is -2.02. The minimum atomic E-state index is -1.28. The van der Waals surface area contributed by atoms with E-state index in [2.05, 4.69) is 11.5 Å². The molecule has 57 heavy (non-hydrogen) atoms. The number of rotatable bonds is 14. The molecule has 17 heteroatoms. The summed E-state index contributed by atoms with van der Waals surface area (Å²) in [7, 11) is 0. The number of hydrogen-bond acceptors (Lipinski definition) is 12. The van der Waals surface area contributed by atoms with E-state index in [9.17, 15) is 33.9 Å². The number of Topliss-reactive ketones (excluding diaryl/α,β-unsaturated/α-hetero) is 3. The van der Waals surface area contributed by atoms with Crippen LogP contribution in [-0.4, -0.2) is 74.7 Å². The minimum Gasteiger partial charge on any atom is -1.00 e. The van der Waals surface area contributed by atoms with Crippen molar-refractivity contribution in [3.63, 3.8) is 0 Å². The third kappa shape index (κ3) is 29.4. The molecule has 1 N–H and O–H groups in total. The van der Waals surface area contributed by atoms with E-state index in [0.717, 1.165) is 6.08 Å². The Bertz CT molecular complexity index is 1660. The molecule has 0 fully saturated rings. The monoisotopic (exact) mass is 902 g/mol. The van der Waals surface area contributed by atoms with Crippen molar-refractivity contribution in [1.29, 1.82) is 0 Å². The molecule has 0 aromatic heterocycles. The zero-order valence-electron chi connectivity index (χ0n) is 34.4. The predicted molar refractivity (Wildman–Crippen MR) is 209 cm³/mol. The van der Waals surface area contributed by atoms with E-state index in [4.69, 9.17) is 54.3 Å². The van der Waals surface area contributed by atoms with Gasteiger partial charge in [0.05, 0.1) is 6.42 Å². The number of alkyl halides is 2. The topological polar surface area (TPSA) is 190 Å². The molecule has 0 radical (unpaired) electrons. The minimum absolute atomic E-state index is 0. The summed E-state index contributed by atoms with van der Waals surface area (Å²) in [5.74, 6) is -1.26. The van der Waals surface area contributed by atoms with E-state index in [1.807, 2.05) is 18.2 Å². The largest absolute Gasteiger partial charge is 1.00 e. The summed E-state index contributed by atoms with van der Waals surface area (Å²) in [5, 5.41) is 17.5. The first-order chi connectivity index (χ1) is 25.6. The van der Waals surface area contributed by atoms with Crippen molar-refractivity contribution in [1.82, 2.24) is 0 Å². The van der Waals surface area contributed by atoms with E-state index in [1.165, 1.54) is 13.8 Å². The molecule has 3 rings (SSSR count). The Morgan fingerprint density at radius 3 is 1.23 bits per heavy atom. The number of benzene rings is 3. The molecule has 0 bridgehead atoms. The first-order valence-corrected chi connectivity index (χ1v) is 17.7. The molecule has 3 aromatic carbocycles. The van der Waals surface area contributed by atoms with Crippen molar-refractivity contribution in [3.8, 4) is 0 Å². The smallest absolute Gasteiger partial charge is 1.00 e. The maximum atomic E-state index is 12.1. The van der Waals surface area contributed by atoms with Crippen molar-refractivity contribution in [2.24, 2.45) is 0 Å². The second kappa shape index (κ2) is 34.3. The van der Waals surface area contributed by atoms with Crippen LogP contribution in [0.3, 0.4) is 0 Å². The Morgan fingerprint density at radius 2 is 0.982 bits per heavy atom. The number of ether oxygens (including phenoxy) is 2. The molecule has 0 aliphatic carbocycles. The van der Waals surface area contributed by atoms with Crippen LogP contribution in [0.15, 0.2) is 104 Å². The average molecular weight is 904 g/mol. The number of carbonyl (C=O) groups excluding carboxylic acids is 7. The Labute approximate surface area is 435 Å². The van der Waals surface area contributed by atoms with Gasteiger partial charge >= 0.3 is 115 Å². The van der Waals surface area contributed by atoms with Gasteiger partial charge in [0.2, 0.25) is 16.8 Å². The van der Waals surface area contributed by atoms with E-state index in [1.54, 1.807) is 100 Å². The maximum absolute atomic E-state index is 12.1. The third-order valence-corrected chi connectivity index (χ3v) is 6.84. The first kappa shape index (κ1) is 62.2. The van der Waals surface area contributed by atoms with Crippen molar-refractivity contribution < 1.29 is 162 Å². The van der Waals surface area contributed by atoms with Gasteiger partial charge in [0.25, 0.3) is 6.47 Å². The van der Waals surface area contributed by atoms with Crippen LogP contribution in [0.2, 0.25) is 0 Å². The van der Waals surface area contributed by atoms with Gasteiger partial charge in [-0.3, -0.25) is 28.8 Å². The van der Waals surface area contributed by atoms with Gasteiger partial charge in [-0.1, -0.05) is 97.6 Å². The summed E-state index contributed by atoms with van der Waals surface area (Å²) in [4.78, 5) is 78.9. The zero-order chi connectivity index (χ0) is 42.7. The van der Waals surface area contributed by atoms with Gasteiger partial charge in [-0.05, 0) is 53.1 Å². The van der Waals surface area contributed by atoms with Crippen molar-refractivity contribution in [2.75, 3.05) is 11.8 Å². The van der Waals surface area contributed by atoms with Gasteiger partial charge in [0.15, 0.2) is 17.0 Å². The molecule has 12 nitrogen and oxygen atoms in total. The SMILES string of the molecule is C=CC(=O)OC(C)(C)C(=O)c1ccccc1.CC(C)(O)C(=O)c1ccccc1.CC(C)(OC(=O)CCCl)C(=O)c1ccccc1.O=C(Cl)CCCl.O=CO[O-].[H-].[K+].[K+]. The van der Waals surface area contributed by atoms with Crippen LogP contribution in [0, 0.1) is 0 Å². The Balaban J connectivity index is -0.000000213. The van der Waals surface area contributed by atoms with Gasteiger partial charge in [-0.25, -0.2) is 4.79 Å². The van der Waals surface area contributed by atoms with E-state index >= 15 is 0 Å². The second-order valence-electron chi connectivity index (χ2n) is 12.2. The normalized spacial score (nSPS) is 9.88. The molecule has 0 saturated carbocycles. The van der Waals surface area contributed by atoms with Crippen LogP contribution in [0.25, 0.3) is 0 Å². The fourth-order valence-electron chi connectivity index (χ4n) is 3.69. The molecule has 302 valence electrons. The quantitative estimate of drug-likeness (QED) is 0.0276. The van der Waals surface area contributed by atoms with Crippen LogP contribution >= 0.6 is 34.8 Å². The number of carbonyl (C=O) groups is 7. The molecule has 0 amide bonds. The van der Waals surface area contributed by atoms with Crippen molar-refractivity contribution in [3.05, 3.63) is 120 Å². The van der Waals surface area contributed by atoms with E-state index in [-0.39, 0.29) is 152 Å². The van der Waals surface area contributed by atoms with Gasteiger partial charge in [0.1, 0.15) is 5.60 Å². The van der Waals surface area contributed by atoms with Crippen molar-refractivity contribution >= 4 is 75.8 Å². The van der Waals surface area contributed by atoms with E-state index < -0.39 is 28.7 Å². The number of hydrogen-bond donors (Lipinski definition) is 1. The molecule has 0 aliphatic rings. The molecule has 0 unspecified atom stereocenters. The molecule has 0 saturated heterocycles. The fraction of sp³-hybridized carbons (Fsp3) is 0.325. The number of ketones is 3. The Hall–Kier alpha value is -1.45. The molecule has 0 heterocycles. The molecule has 0 spiro atoms. The second-order valence-corrected chi connectivity index (χ2v) is 13.4. The molecular weight excluding hydrogens is 857 g/mol. The van der Waals surface area contributed by atoms with Gasteiger partial charge in [-0.2, -0.15) is 0 Å². The van der Waals surface area contributed by atoms with Crippen LogP contribution in [0.5, 0.6) is 0 Å². The van der Waals surface area contributed by atoms with E-state index in [0.29, 0.717) is 22.6 Å². The zero-order valence-corrected chi connectivity index (χ0v) is 41.9. The van der Waals surface area contributed by atoms with Crippen LogP contribution in [0.1, 0.15) is 86.9 Å². The molecular formula is C40H47Cl3K2O12. The van der Waals surface area contributed by atoms with Gasteiger partial charge in [-0.15, -0.1) is 23.2 Å². The fourth-order valence-corrected chi connectivity index (χ4v) is 4.21. The summed E-state index contributed by atoms with van der Waals surface area (Å²) in [6.07, 6.45) is 1.41. The van der Waals surface area contributed by atoms with Crippen LogP contribution in [0.4, 0.5) is 0 Å². The Kier molecular flexibility index (Phi) is 37.4. The van der Waals surface area contributed by atoms with Gasteiger partial charge < -0.3 is 26.2 Å². The maximum Gasteiger partial charge on any atom is 1.00 e. The van der Waals surface area contributed by atoms with Gasteiger partial charge in [0, 0.05) is 40.9 Å². The summed E-state index contributed by atoms with van der Waals surface area (Å²) < 4.78 is 10.1. The third-order valence-electron chi connectivity index (χ3n) is 6.28. The first-order valence-electron chi connectivity index (χ1n) is 16.3. The average Bonchev–Trinajstić information content (AvgIpc) is 3.15. The van der Waals surface area contributed by atoms with Crippen LogP contribution in [-0.2, 0) is 33.5 Å². The van der Waals surface area contributed by atoms with Crippen molar-refractivity contribution in [2.45, 2.75) is 71.2 Å². The summed E-state index contributed by atoms with van der Waals surface area (Å²) in [6, 6.07) is 26.2. The summed E-state index contributed by atoms with van der Waals surface area (Å²) in [6.45, 7) is 12.4. The van der Waals surface area contributed by atoms with Crippen LogP contribution < -0.4 is 108 Å². The molecule has 3 aromatic rings.